The Morgan fingerprint density at radius 2 is 2.29 bits per heavy atom. The molecule has 0 aromatic rings. The van der Waals surface area contributed by atoms with E-state index < -0.39 is 25.0 Å². The van der Waals surface area contributed by atoms with Crippen molar-refractivity contribution in [2.24, 2.45) is 17.4 Å². The van der Waals surface area contributed by atoms with Crippen LogP contribution in [0.1, 0.15) is 12.8 Å². The lowest BCUT2D eigenvalue weighted by Gasteiger charge is -2.39. The molecule has 0 spiro atoms. The van der Waals surface area contributed by atoms with E-state index in [4.69, 9.17) is 11.5 Å². The number of halogens is 2. The molecular weight excluding hydrogens is 230 g/mol. The van der Waals surface area contributed by atoms with Gasteiger partial charge in [-0.1, -0.05) is 0 Å². The van der Waals surface area contributed by atoms with Crippen LogP contribution in [0.5, 0.6) is 0 Å². The van der Waals surface area contributed by atoms with E-state index in [0.717, 1.165) is 12.8 Å². The van der Waals surface area contributed by atoms with E-state index in [1.54, 1.807) is 0 Å². The molecule has 2 aliphatic rings. The number of urea groups is 1. The minimum atomic E-state index is -3.05. The highest BCUT2D eigenvalue weighted by Gasteiger charge is 2.51. The van der Waals surface area contributed by atoms with Crippen LogP contribution >= 0.6 is 0 Å². The summed E-state index contributed by atoms with van der Waals surface area (Å²) < 4.78 is 25.7. The van der Waals surface area contributed by atoms with Gasteiger partial charge in [0.1, 0.15) is 0 Å². The molecule has 2 rings (SSSR count). The predicted octanol–water partition coefficient (Wildman–Crippen LogP) is -0.287. The number of carbonyl (C=O) groups is 1. The van der Waals surface area contributed by atoms with Gasteiger partial charge in [0.05, 0.1) is 13.1 Å². The molecule has 1 saturated carbocycles. The molecule has 1 heterocycles. The fourth-order valence-corrected chi connectivity index (χ4v) is 2.43. The van der Waals surface area contributed by atoms with Crippen LogP contribution in [0.15, 0.2) is 0 Å². The van der Waals surface area contributed by atoms with Gasteiger partial charge in [0, 0.05) is 18.6 Å². The minimum absolute atomic E-state index is 0.284. The molecule has 2 amide bonds. The van der Waals surface area contributed by atoms with E-state index >= 15 is 0 Å². The van der Waals surface area contributed by atoms with Gasteiger partial charge in [0.25, 0.3) is 5.92 Å². The van der Waals surface area contributed by atoms with Gasteiger partial charge in [-0.05, 0) is 18.8 Å². The van der Waals surface area contributed by atoms with Crippen LogP contribution in [0, 0.1) is 5.92 Å². The van der Waals surface area contributed by atoms with E-state index in [2.05, 4.69) is 5.32 Å². The third-order valence-corrected chi connectivity index (χ3v) is 3.78. The Morgan fingerprint density at radius 3 is 2.71 bits per heavy atom. The van der Waals surface area contributed by atoms with Crippen LogP contribution in [-0.4, -0.2) is 48.6 Å². The number of carbonyl (C=O) groups excluding carboxylic acids is 1. The number of fused-ring (bicyclic) bond motifs is 1. The quantitative estimate of drug-likeness (QED) is 0.642. The van der Waals surface area contributed by atoms with Gasteiger partial charge in [0.2, 0.25) is 0 Å². The van der Waals surface area contributed by atoms with Crippen molar-refractivity contribution in [3.8, 4) is 0 Å². The highest BCUT2D eigenvalue weighted by Crippen LogP contribution is 2.42. The average molecular weight is 248 g/mol. The summed E-state index contributed by atoms with van der Waals surface area (Å²) in [7, 11) is 0. The Hall–Kier alpha value is -0.950. The van der Waals surface area contributed by atoms with Crippen molar-refractivity contribution < 1.29 is 13.6 Å². The Kier molecular flexibility index (Phi) is 2.99. The van der Waals surface area contributed by atoms with Gasteiger partial charge in [-0.25, -0.2) is 13.6 Å². The molecule has 1 aliphatic heterocycles. The van der Waals surface area contributed by atoms with E-state index in [9.17, 15) is 13.6 Å². The van der Waals surface area contributed by atoms with Crippen LogP contribution in [0.4, 0.5) is 13.6 Å². The average Bonchev–Trinajstić information content (AvgIpc) is 2.50. The molecule has 0 aromatic carbocycles. The number of nitrogens with one attached hydrogen (secondary N) is 1. The first-order chi connectivity index (χ1) is 7.86. The van der Waals surface area contributed by atoms with Crippen molar-refractivity contribution in [3.63, 3.8) is 0 Å². The molecule has 0 unspecified atom stereocenters. The molecular formula is C10H18F2N4O. The Labute approximate surface area is 98.5 Å². The highest BCUT2D eigenvalue weighted by molar-refractivity contribution is 5.75. The van der Waals surface area contributed by atoms with Crippen LogP contribution in [0.3, 0.4) is 0 Å². The van der Waals surface area contributed by atoms with Crippen molar-refractivity contribution in [2.45, 2.75) is 24.3 Å². The molecule has 7 heteroatoms. The number of hydrogen-bond donors (Lipinski definition) is 3. The molecule has 1 saturated heterocycles. The lowest BCUT2D eigenvalue weighted by atomic mass is 9.70. The SMILES string of the molecule is NCC(F)(F)CNC(=O)N1C[C@@H]2CC[C@]2(N)C1. The standard InChI is InChI=1S/C10H18F2N4O/c11-10(12,4-13)5-15-8(17)16-3-7-1-2-9(7,14)6-16/h7H,1-6,13-14H2,(H,15,17)/t7-,9-/m0/s1. The molecule has 1 aliphatic carbocycles. The van der Waals surface area contributed by atoms with Crippen LogP contribution in [-0.2, 0) is 0 Å². The van der Waals surface area contributed by atoms with Crippen LogP contribution < -0.4 is 16.8 Å². The molecule has 5 nitrogen and oxygen atoms in total. The van der Waals surface area contributed by atoms with Crippen molar-refractivity contribution >= 4 is 6.03 Å². The van der Waals surface area contributed by atoms with Crippen molar-refractivity contribution in [3.05, 3.63) is 0 Å². The number of amides is 2. The molecule has 5 N–H and O–H groups in total. The lowest BCUT2D eigenvalue weighted by Crippen LogP contribution is -2.55. The lowest BCUT2D eigenvalue weighted by molar-refractivity contribution is 0.0133. The first-order valence-electron chi connectivity index (χ1n) is 5.76. The van der Waals surface area contributed by atoms with Crippen LogP contribution in [0.2, 0.25) is 0 Å². The Balaban J connectivity index is 1.82. The third-order valence-electron chi connectivity index (χ3n) is 3.78. The summed E-state index contributed by atoms with van der Waals surface area (Å²) in [6, 6.07) is -0.475. The fourth-order valence-electron chi connectivity index (χ4n) is 2.43. The van der Waals surface area contributed by atoms with E-state index in [0.29, 0.717) is 19.0 Å². The first kappa shape index (κ1) is 12.5. The highest BCUT2D eigenvalue weighted by atomic mass is 19.3. The Morgan fingerprint density at radius 1 is 1.59 bits per heavy atom. The number of nitrogens with zero attached hydrogens (tertiary/aromatic N) is 1. The van der Waals surface area contributed by atoms with Gasteiger partial charge >= 0.3 is 6.03 Å². The maximum atomic E-state index is 12.9. The van der Waals surface area contributed by atoms with Gasteiger partial charge in [0.15, 0.2) is 0 Å². The zero-order valence-corrected chi connectivity index (χ0v) is 9.59. The topological polar surface area (TPSA) is 84.4 Å². The van der Waals surface area contributed by atoms with E-state index in [-0.39, 0.29) is 5.54 Å². The molecule has 0 radical (unpaired) electrons. The largest absolute Gasteiger partial charge is 0.332 e. The molecule has 17 heavy (non-hydrogen) atoms. The first-order valence-corrected chi connectivity index (χ1v) is 5.76. The normalized spacial score (nSPS) is 32.0. The van der Waals surface area contributed by atoms with Crippen molar-refractivity contribution in [1.29, 1.82) is 0 Å². The summed E-state index contributed by atoms with van der Waals surface area (Å²) in [6.07, 6.45) is 1.92. The fraction of sp³-hybridized carbons (Fsp3) is 0.900. The smallest absolute Gasteiger partial charge is 0.317 e. The second kappa shape index (κ2) is 4.06. The molecule has 0 bridgehead atoms. The van der Waals surface area contributed by atoms with Crippen LogP contribution in [0.25, 0.3) is 0 Å². The summed E-state index contributed by atoms with van der Waals surface area (Å²) in [5.41, 5.74) is 10.7. The molecule has 0 aromatic heterocycles. The number of alkyl halides is 2. The van der Waals surface area contributed by atoms with Gasteiger partial charge in [-0.3, -0.25) is 0 Å². The minimum Gasteiger partial charge on any atom is -0.332 e. The maximum absolute atomic E-state index is 12.9. The predicted molar refractivity (Wildman–Crippen MR) is 58.6 cm³/mol. The van der Waals surface area contributed by atoms with E-state index in [1.165, 1.54) is 4.90 Å². The third kappa shape index (κ3) is 2.35. The number of hydrogen-bond acceptors (Lipinski definition) is 3. The summed E-state index contributed by atoms with van der Waals surface area (Å²) in [6.45, 7) is -0.466. The molecule has 2 fully saturated rings. The van der Waals surface area contributed by atoms with Gasteiger partial charge in [-0.2, -0.15) is 0 Å². The van der Waals surface area contributed by atoms with Crippen molar-refractivity contribution in [2.75, 3.05) is 26.2 Å². The van der Waals surface area contributed by atoms with Gasteiger partial charge < -0.3 is 21.7 Å². The zero-order chi connectivity index (χ0) is 12.7. The number of rotatable bonds is 3. The molecule has 98 valence electrons. The Bertz CT molecular complexity index is 325. The summed E-state index contributed by atoms with van der Waals surface area (Å²) in [5, 5.41) is 2.20. The number of likely N-dealkylation sites (tertiary alicyclic amines) is 1. The molecule has 2 atom stereocenters. The summed E-state index contributed by atoms with van der Waals surface area (Å²) in [5.74, 6) is -2.72. The summed E-state index contributed by atoms with van der Waals surface area (Å²) >= 11 is 0. The second-order valence-electron chi connectivity index (χ2n) is 5.07. The summed E-state index contributed by atoms with van der Waals surface area (Å²) in [4.78, 5) is 13.2. The second-order valence-corrected chi connectivity index (χ2v) is 5.07. The van der Waals surface area contributed by atoms with Gasteiger partial charge in [-0.15, -0.1) is 0 Å². The monoisotopic (exact) mass is 248 g/mol. The maximum Gasteiger partial charge on any atom is 0.317 e. The van der Waals surface area contributed by atoms with E-state index in [1.807, 2.05) is 0 Å². The van der Waals surface area contributed by atoms with Crippen molar-refractivity contribution in [1.82, 2.24) is 10.2 Å². The number of nitrogens with two attached hydrogens (primary N) is 2. The zero-order valence-electron chi connectivity index (χ0n) is 9.59.